The van der Waals surface area contributed by atoms with Gasteiger partial charge in [-0.1, -0.05) is 35.5 Å². The van der Waals surface area contributed by atoms with Gasteiger partial charge >= 0.3 is 0 Å². The van der Waals surface area contributed by atoms with E-state index in [4.69, 9.17) is 4.52 Å². The SMILES string of the molecule is Cc1onc(-c2ccccc2)c1/C=C/c1nccs1. The molecule has 94 valence electrons. The van der Waals surface area contributed by atoms with Crippen molar-refractivity contribution in [3.8, 4) is 11.3 Å². The van der Waals surface area contributed by atoms with Crippen LogP contribution in [-0.4, -0.2) is 10.1 Å². The Kier molecular flexibility index (Phi) is 3.25. The molecule has 3 aromatic rings. The van der Waals surface area contributed by atoms with Crippen LogP contribution in [0.25, 0.3) is 23.4 Å². The third-order valence-corrected chi connectivity index (χ3v) is 3.54. The standard InChI is InChI=1S/C15H12N2OS/c1-11-13(7-8-14-16-9-10-19-14)15(17-18-11)12-5-3-2-4-6-12/h2-10H,1H3/b8-7+. The molecule has 3 nitrogen and oxygen atoms in total. The summed E-state index contributed by atoms with van der Waals surface area (Å²) in [5.74, 6) is 0.812. The second kappa shape index (κ2) is 5.20. The molecule has 0 amide bonds. The van der Waals surface area contributed by atoms with Crippen molar-refractivity contribution in [3.63, 3.8) is 0 Å². The van der Waals surface area contributed by atoms with Crippen molar-refractivity contribution in [2.45, 2.75) is 6.92 Å². The number of nitrogens with zero attached hydrogens (tertiary/aromatic N) is 2. The predicted molar refractivity (Wildman–Crippen MR) is 77.7 cm³/mol. The zero-order chi connectivity index (χ0) is 13.1. The van der Waals surface area contributed by atoms with Crippen LogP contribution in [-0.2, 0) is 0 Å². The molecule has 0 aliphatic rings. The van der Waals surface area contributed by atoms with E-state index in [0.29, 0.717) is 0 Å². The summed E-state index contributed by atoms with van der Waals surface area (Å²) in [6.45, 7) is 1.92. The summed E-state index contributed by atoms with van der Waals surface area (Å²) in [4.78, 5) is 4.23. The van der Waals surface area contributed by atoms with Crippen LogP contribution >= 0.6 is 11.3 Å². The maximum Gasteiger partial charge on any atom is 0.141 e. The van der Waals surface area contributed by atoms with Crippen LogP contribution in [0.1, 0.15) is 16.3 Å². The van der Waals surface area contributed by atoms with E-state index in [1.165, 1.54) is 0 Å². The Labute approximate surface area is 115 Å². The van der Waals surface area contributed by atoms with Crippen molar-refractivity contribution in [2.24, 2.45) is 0 Å². The number of rotatable bonds is 3. The average molecular weight is 268 g/mol. The first-order valence-corrected chi connectivity index (χ1v) is 6.82. The van der Waals surface area contributed by atoms with Crippen LogP contribution in [0.2, 0.25) is 0 Å². The lowest BCUT2D eigenvalue weighted by Gasteiger charge is -1.97. The highest BCUT2D eigenvalue weighted by molar-refractivity contribution is 7.10. The molecule has 0 atom stereocenters. The van der Waals surface area contributed by atoms with Crippen molar-refractivity contribution in [1.82, 2.24) is 10.1 Å². The number of hydrogen-bond acceptors (Lipinski definition) is 4. The average Bonchev–Trinajstić information content (AvgIpc) is 3.07. The molecule has 2 heterocycles. The van der Waals surface area contributed by atoms with Crippen molar-refractivity contribution in [3.05, 3.63) is 58.2 Å². The smallest absolute Gasteiger partial charge is 0.141 e. The molecule has 0 aliphatic heterocycles. The maximum absolute atomic E-state index is 5.30. The fourth-order valence-corrected chi connectivity index (χ4v) is 2.38. The monoisotopic (exact) mass is 268 g/mol. The largest absolute Gasteiger partial charge is 0.360 e. The molecule has 0 saturated carbocycles. The first-order chi connectivity index (χ1) is 9.34. The van der Waals surface area contributed by atoms with E-state index in [-0.39, 0.29) is 0 Å². The van der Waals surface area contributed by atoms with Crippen molar-refractivity contribution < 1.29 is 4.52 Å². The summed E-state index contributed by atoms with van der Waals surface area (Å²) in [6, 6.07) is 10.0. The third kappa shape index (κ3) is 2.48. The zero-order valence-corrected chi connectivity index (χ0v) is 11.2. The molecule has 0 bridgehead atoms. The highest BCUT2D eigenvalue weighted by Gasteiger charge is 2.11. The molecule has 4 heteroatoms. The molecular weight excluding hydrogens is 256 g/mol. The van der Waals surface area contributed by atoms with Crippen LogP contribution in [0.4, 0.5) is 0 Å². The predicted octanol–water partition coefficient (Wildman–Crippen LogP) is 4.28. The molecule has 0 N–H and O–H groups in total. The first-order valence-electron chi connectivity index (χ1n) is 5.94. The summed E-state index contributed by atoms with van der Waals surface area (Å²) in [7, 11) is 0. The quantitative estimate of drug-likeness (QED) is 0.711. The molecule has 0 spiro atoms. The molecule has 0 fully saturated rings. The van der Waals surface area contributed by atoms with E-state index in [1.807, 2.05) is 54.8 Å². The van der Waals surface area contributed by atoms with Crippen molar-refractivity contribution in [2.75, 3.05) is 0 Å². The Morgan fingerprint density at radius 2 is 2.00 bits per heavy atom. The fourth-order valence-electron chi connectivity index (χ4n) is 1.85. The van der Waals surface area contributed by atoms with Gasteiger partial charge in [-0.15, -0.1) is 11.3 Å². The molecule has 0 radical (unpaired) electrons. The number of benzene rings is 1. The van der Waals surface area contributed by atoms with Gasteiger partial charge in [0.05, 0.1) is 0 Å². The number of aromatic nitrogens is 2. The van der Waals surface area contributed by atoms with E-state index in [2.05, 4.69) is 10.1 Å². The van der Waals surface area contributed by atoms with Crippen LogP contribution in [0, 0.1) is 6.92 Å². The fraction of sp³-hybridized carbons (Fsp3) is 0.0667. The van der Waals surface area contributed by atoms with E-state index in [9.17, 15) is 0 Å². The minimum Gasteiger partial charge on any atom is -0.360 e. The highest BCUT2D eigenvalue weighted by atomic mass is 32.1. The Balaban J connectivity index is 2.00. The Bertz CT molecular complexity index is 684. The summed E-state index contributed by atoms with van der Waals surface area (Å²) in [5, 5.41) is 7.07. The van der Waals surface area contributed by atoms with Gasteiger partial charge < -0.3 is 4.52 Å². The minimum absolute atomic E-state index is 0.812. The number of hydrogen-bond donors (Lipinski definition) is 0. The van der Waals surface area contributed by atoms with Crippen LogP contribution in [0.15, 0.2) is 46.4 Å². The van der Waals surface area contributed by atoms with E-state index in [1.54, 1.807) is 17.5 Å². The summed E-state index contributed by atoms with van der Waals surface area (Å²) in [6.07, 6.45) is 5.78. The van der Waals surface area contributed by atoms with Crippen molar-refractivity contribution >= 4 is 23.5 Å². The lowest BCUT2D eigenvalue weighted by molar-refractivity contribution is 0.399. The lowest BCUT2D eigenvalue weighted by Crippen LogP contribution is -1.81. The van der Waals surface area contributed by atoms with Crippen LogP contribution in [0.5, 0.6) is 0 Å². The van der Waals surface area contributed by atoms with Gasteiger partial charge in [0.15, 0.2) is 0 Å². The lowest BCUT2D eigenvalue weighted by atomic mass is 10.1. The van der Waals surface area contributed by atoms with Crippen molar-refractivity contribution in [1.29, 1.82) is 0 Å². The summed E-state index contributed by atoms with van der Waals surface area (Å²) < 4.78 is 5.30. The molecule has 19 heavy (non-hydrogen) atoms. The molecule has 1 aromatic carbocycles. The van der Waals surface area contributed by atoms with Crippen LogP contribution < -0.4 is 0 Å². The van der Waals surface area contributed by atoms with Gasteiger partial charge in [-0.2, -0.15) is 0 Å². The van der Waals surface area contributed by atoms with E-state index in [0.717, 1.165) is 27.6 Å². The van der Waals surface area contributed by atoms with Gasteiger partial charge in [0, 0.05) is 22.7 Å². The Hall–Kier alpha value is -2.20. The Morgan fingerprint density at radius 1 is 1.16 bits per heavy atom. The number of aryl methyl sites for hydroxylation is 1. The van der Waals surface area contributed by atoms with E-state index < -0.39 is 0 Å². The molecule has 2 aromatic heterocycles. The maximum atomic E-state index is 5.30. The molecule has 0 saturated heterocycles. The summed E-state index contributed by atoms with van der Waals surface area (Å²) >= 11 is 1.60. The second-order valence-electron chi connectivity index (χ2n) is 4.07. The van der Waals surface area contributed by atoms with Gasteiger partial charge in [0.2, 0.25) is 0 Å². The van der Waals surface area contributed by atoms with Gasteiger partial charge in [0.1, 0.15) is 16.5 Å². The topological polar surface area (TPSA) is 38.9 Å². The van der Waals surface area contributed by atoms with Gasteiger partial charge in [-0.05, 0) is 19.1 Å². The first kappa shape index (κ1) is 11.9. The Morgan fingerprint density at radius 3 is 2.74 bits per heavy atom. The number of thiazole rings is 1. The third-order valence-electron chi connectivity index (χ3n) is 2.80. The van der Waals surface area contributed by atoms with Gasteiger partial charge in [-0.3, -0.25) is 0 Å². The highest BCUT2D eigenvalue weighted by Crippen LogP contribution is 2.26. The van der Waals surface area contributed by atoms with Gasteiger partial charge in [-0.25, -0.2) is 4.98 Å². The van der Waals surface area contributed by atoms with Gasteiger partial charge in [0.25, 0.3) is 0 Å². The zero-order valence-electron chi connectivity index (χ0n) is 10.4. The second-order valence-corrected chi connectivity index (χ2v) is 5.00. The van der Waals surface area contributed by atoms with Crippen LogP contribution in [0.3, 0.4) is 0 Å². The minimum atomic E-state index is 0.812. The molecule has 0 unspecified atom stereocenters. The summed E-state index contributed by atoms with van der Waals surface area (Å²) in [5.41, 5.74) is 2.92. The molecule has 3 rings (SSSR count). The van der Waals surface area contributed by atoms with E-state index >= 15 is 0 Å². The molecular formula is C15H12N2OS. The normalized spacial score (nSPS) is 11.2. The molecule has 0 aliphatic carbocycles.